The highest BCUT2D eigenvalue weighted by molar-refractivity contribution is 5.84. The molecular formula is C21H26N2O2. The Balaban J connectivity index is 1.89. The number of rotatable bonds is 4. The van der Waals surface area contributed by atoms with Crippen molar-refractivity contribution in [3.8, 4) is 5.75 Å². The lowest BCUT2D eigenvalue weighted by atomic mass is 9.92. The number of nitrogens with zero attached hydrogens (tertiary/aromatic N) is 2. The number of benzene rings is 2. The lowest BCUT2D eigenvalue weighted by Gasteiger charge is -2.39. The van der Waals surface area contributed by atoms with Gasteiger partial charge in [-0.25, -0.2) is 0 Å². The highest BCUT2D eigenvalue weighted by Crippen LogP contribution is 2.34. The fourth-order valence-electron chi connectivity index (χ4n) is 3.69. The number of hydrogen-bond acceptors (Lipinski definition) is 3. The Morgan fingerprint density at radius 2 is 1.92 bits per heavy atom. The minimum Gasteiger partial charge on any atom is -0.497 e. The van der Waals surface area contributed by atoms with Gasteiger partial charge in [-0.2, -0.15) is 0 Å². The van der Waals surface area contributed by atoms with E-state index in [1.807, 2.05) is 60.3 Å². The minimum absolute atomic E-state index is 0.0633. The summed E-state index contributed by atoms with van der Waals surface area (Å²) in [6.07, 6.45) is 0.859. The number of carbonyl (C=O) groups is 1. The molecule has 0 spiro atoms. The van der Waals surface area contributed by atoms with E-state index in [0.29, 0.717) is 0 Å². The molecule has 3 rings (SSSR count). The summed E-state index contributed by atoms with van der Waals surface area (Å²) in [5, 5.41) is 0. The molecule has 2 unspecified atom stereocenters. The SMILES string of the molecule is COc1ccc2c(c1)CCN(C(=O)C(c1ccccc1)N(C)C)C2C. The van der Waals surface area contributed by atoms with Crippen molar-refractivity contribution in [2.75, 3.05) is 27.7 Å². The van der Waals surface area contributed by atoms with Gasteiger partial charge in [-0.3, -0.25) is 9.69 Å². The molecule has 0 saturated carbocycles. The Morgan fingerprint density at radius 3 is 2.56 bits per heavy atom. The van der Waals surface area contributed by atoms with Crippen molar-refractivity contribution in [2.24, 2.45) is 0 Å². The van der Waals surface area contributed by atoms with E-state index in [0.717, 1.165) is 24.3 Å². The van der Waals surface area contributed by atoms with E-state index in [4.69, 9.17) is 4.74 Å². The smallest absolute Gasteiger partial charge is 0.245 e. The van der Waals surface area contributed by atoms with Crippen molar-refractivity contribution in [3.63, 3.8) is 0 Å². The van der Waals surface area contributed by atoms with Crippen LogP contribution in [0.25, 0.3) is 0 Å². The van der Waals surface area contributed by atoms with Crippen molar-refractivity contribution in [3.05, 3.63) is 65.2 Å². The Bertz CT molecular complexity index is 743. The largest absolute Gasteiger partial charge is 0.497 e. The molecule has 1 heterocycles. The lowest BCUT2D eigenvalue weighted by Crippen LogP contribution is -2.44. The molecule has 1 aliphatic rings. The highest BCUT2D eigenvalue weighted by Gasteiger charge is 2.33. The predicted molar refractivity (Wildman–Crippen MR) is 99.7 cm³/mol. The number of hydrogen-bond donors (Lipinski definition) is 0. The van der Waals surface area contributed by atoms with Crippen LogP contribution in [0.5, 0.6) is 5.75 Å². The van der Waals surface area contributed by atoms with Crippen LogP contribution in [0.15, 0.2) is 48.5 Å². The van der Waals surface area contributed by atoms with Crippen LogP contribution in [0.1, 0.15) is 35.7 Å². The summed E-state index contributed by atoms with van der Waals surface area (Å²) in [4.78, 5) is 17.3. The predicted octanol–water partition coefficient (Wildman–Crippen LogP) is 3.44. The Hall–Kier alpha value is -2.33. The highest BCUT2D eigenvalue weighted by atomic mass is 16.5. The van der Waals surface area contributed by atoms with E-state index in [9.17, 15) is 4.79 Å². The molecule has 2 aromatic rings. The summed E-state index contributed by atoms with van der Waals surface area (Å²) in [7, 11) is 5.61. The van der Waals surface area contributed by atoms with Gasteiger partial charge in [0.05, 0.1) is 13.2 Å². The first-order chi connectivity index (χ1) is 12.0. The first kappa shape index (κ1) is 17.5. The molecule has 0 fully saturated rings. The number of carbonyl (C=O) groups excluding carboxylic acids is 1. The molecule has 4 heteroatoms. The van der Waals surface area contributed by atoms with E-state index in [2.05, 4.69) is 19.1 Å². The van der Waals surface area contributed by atoms with Crippen LogP contribution in [0.2, 0.25) is 0 Å². The van der Waals surface area contributed by atoms with Gasteiger partial charge in [-0.1, -0.05) is 36.4 Å². The molecule has 0 aromatic heterocycles. The third-order valence-corrected chi connectivity index (χ3v) is 5.04. The van der Waals surface area contributed by atoms with Crippen molar-refractivity contribution in [1.82, 2.24) is 9.80 Å². The van der Waals surface area contributed by atoms with Gasteiger partial charge in [0.25, 0.3) is 0 Å². The van der Waals surface area contributed by atoms with Gasteiger partial charge < -0.3 is 9.64 Å². The molecule has 2 atom stereocenters. The molecule has 0 aliphatic carbocycles. The molecule has 2 aromatic carbocycles. The molecule has 1 aliphatic heterocycles. The minimum atomic E-state index is -0.261. The monoisotopic (exact) mass is 338 g/mol. The Labute approximate surface area is 150 Å². The zero-order chi connectivity index (χ0) is 18.0. The van der Waals surface area contributed by atoms with Gasteiger partial charge in [0.1, 0.15) is 11.8 Å². The maximum absolute atomic E-state index is 13.3. The first-order valence-corrected chi connectivity index (χ1v) is 8.71. The van der Waals surface area contributed by atoms with Crippen molar-refractivity contribution in [2.45, 2.75) is 25.4 Å². The fourth-order valence-corrected chi connectivity index (χ4v) is 3.69. The van der Waals surface area contributed by atoms with E-state index in [1.165, 1.54) is 11.1 Å². The summed E-state index contributed by atoms with van der Waals surface area (Å²) < 4.78 is 5.33. The van der Waals surface area contributed by atoms with Crippen LogP contribution < -0.4 is 4.74 Å². The summed E-state index contributed by atoms with van der Waals surface area (Å²) in [5.74, 6) is 1.03. The van der Waals surface area contributed by atoms with Crippen LogP contribution in [-0.4, -0.2) is 43.5 Å². The van der Waals surface area contributed by atoms with E-state index >= 15 is 0 Å². The number of likely N-dealkylation sites (N-methyl/N-ethyl adjacent to an activating group) is 1. The zero-order valence-electron chi connectivity index (χ0n) is 15.4. The number of amides is 1. The van der Waals surface area contributed by atoms with Crippen molar-refractivity contribution >= 4 is 5.91 Å². The third-order valence-electron chi connectivity index (χ3n) is 5.04. The number of methoxy groups -OCH3 is 1. The maximum Gasteiger partial charge on any atom is 0.245 e. The molecule has 132 valence electrons. The maximum atomic E-state index is 13.3. The summed E-state index contributed by atoms with van der Waals surface area (Å²) in [5.41, 5.74) is 3.52. The average molecular weight is 338 g/mol. The molecular weight excluding hydrogens is 312 g/mol. The summed E-state index contributed by atoms with van der Waals surface area (Å²) >= 11 is 0. The Morgan fingerprint density at radius 1 is 1.20 bits per heavy atom. The van der Waals surface area contributed by atoms with Gasteiger partial charge in [0, 0.05) is 6.54 Å². The van der Waals surface area contributed by atoms with Crippen LogP contribution in [0, 0.1) is 0 Å². The van der Waals surface area contributed by atoms with Gasteiger partial charge in [-0.15, -0.1) is 0 Å². The fraction of sp³-hybridized carbons (Fsp3) is 0.381. The van der Waals surface area contributed by atoms with E-state index in [-0.39, 0.29) is 18.0 Å². The van der Waals surface area contributed by atoms with E-state index in [1.54, 1.807) is 7.11 Å². The second kappa shape index (κ2) is 7.28. The standard InChI is InChI=1S/C21H26N2O2/c1-15-19-11-10-18(25-4)14-17(19)12-13-23(15)21(24)20(22(2)3)16-8-6-5-7-9-16/h5-11,14-15,20H,12-13H2,1-4H3. The first-order valence-electron chi connectivity index (χ1n) is 8.71. The van der Waals surface area contributed by atoms with Crippen LogP contribution in [0.3, 0.4) is 0 Å². The topological polar surface area (TPSA) is 32.8 Å². The Kier molecular flexibility index (Phi) is 5.09. The molecule has 0 bridgehead atoms. The lowest BCUT2D eigenvalue weighted by molar-refractivity contribution is -0.139. The molecule has 0 saturated heterocycles. The number of ether oxygens (including phenoxy) is 1. The second-order valence-corrected chi connectivity index (χ2v) is 6.80. The molecule has 1 amide bonds. The molecule has 0 radical (unpaired) electrons. The van der Waals surface area contributed by atoms with Gasteiger partial charge in [-0.05, 0) is 56.3 Å². The third kappa shape index (κ3) is 3.40. The van der Waals surface area contributed by atoms with Gasteiger partial charge in [0.15, 0.2) is 0 Å². The molecule has 0 N–H and O–H groups in total. The van der Waals surface area contributed by atoms with Crippen molar-refractivity contribution < 1.29 is 9.53 Å². The zero-order valence-corrected chi connectivity index (χ0v) is 15.4. The average Bonchev–Trinajstić information content (AvgIpc) is 2.62. The number of fused-ring (bicyclic) bond motifs is 1. The van der Waals surface area contributed by atoms with Gasteiger partial charge in [0.2, 0.25) is 5.91 Å². The summed E-state index contributed by atoms with van der Waals surface area (Å²) in [6, 6.07) is 16.0. The molecule has 25 heavy (non-hydrogen) atoms. The van der Waals surface area contributed by atoms with Crippen LogP contribution in [0.4, 0.5) is 0 Å². The van der Waals surface area contributed by atoms with Crippen molar-refractivity contribution in [1.29, 1.82) is 0 Å². The summed E-state index contributed by atoms with van der Waals surface area (Å²) in [6.45, 7) is 2.84. The second-order valence-electron chi connectivity index (χ2n) is 6.80. The normalized spacial score (nSPS) is 18.0. The van der Waals surface area contributed by atoms with Gasteiger partial charge >= 0.3 is 0 Å². The van der Waals surface area contributed by atoms with Crippen LogP contribution >= 0.6 is 0 Å². The van der Waals surface area contributed by atoms with Crippen LogP contribution in [-0.2, 0) is 11.2 Å². The van der Waals surface area contributed by atoms with E-state index < -0.39 is 0 Å². The quantitative estimate of drug-likeness (QED) is 0.856. The molecule has 4 nitrogen and oxygen atoms in total.